The monoisotopic (exact) mass is 356 g/mol. The number of nitrogens with one attached hydrogen (secondary N) is 1. The highest BCUT2D eigenvalue weighted by molar-refractivity contribution is 9.10. The number of aromatic carboxylic acids is 1. The molecular weight excluding hydrogens is 340 g/mol. The number of halogens is 1. The highest BCUT2D eigenvalue weighted by atomic mass is 79.9. The molecule has 1 atom stereocenters. The Morgan fingerprint density at radius 2 is 2.24 bits per heavy atom. The zero-order valence-electron chi connectivity index (χ0n) is 11.6. The number of benzene rings is 1. The first-order valence-corrected chi connectivity index (χ1v) is 7.47. The minimum atomic E-state index is -1.08. The van der Waals surface area contributed by atoms with Crippen molar-refractivity contribution in [2.24, 2.45) is 0 Å². The molecule has 0 bridgehead atoms. The van der Waals surface area contributed by atoms with Crippen LogP contribution in [-0.2, 0) is 4.74 Å². The number of carboxylic acid groups (broad SMARTS) is 1. The third-order valence-corrected chi connectivity index (χ3v) is 3.88. The van der Waals surface area contributed by atoms with Gasteiger partial charge in [-0.3, -0.25) is 0 Å². The predicted molar refractivity (Wildman–Crippen MR) is 81.7 cm³/mol. The lowest BCUT2D eigenvalue weighted by Gasteiger charge is -2.23. The highest BCUT2D eigenvalue weighted by Crippen LogP contribution is 2.27. The summed E-state index contributed by atoms with van der Waals surface area (Å²) in [5, 5.41) is 11.9. The maximum atomic E-state index is 12.3. The Hall–Kier alpha value is -1.60. The number of urea groups is 1. The van der Waals surface area contributed by atoms with E-state index in [9.17, 15) is 14.7 Å². The average molecular weight is 357 g/mol. The van der Waals surface area contributed by atoms with Crippen molar-refractivity contribution in [2.75, 3.05) is 25.0 Å². The summed E-state index contributed by atoms with van der Waals surface area (Å²) < 4.78 is 6.03. The average Bonchev–Trinajstić information content (AvgIpc) is 2.65. The maximum absolute atomic E-state index is 12.3. The number of amides is 2. The Kier molecular flexibility index (Phi) is 5.19. The SMILES string of the molecule is CC1CN(C(=O)Nc2c(Br)cccc2C(=O)O)CCCO1. The largest absolute Gasteiger partial charge is 0.478 e. The van der Waals surface area contributed by atoms with Gasteiger partial charge in [0.05, 0.1) is 17.4 Å². The number of carbonyl (C=O) groups is 2. The number of carbonyl (C=O) groups excluding carboxylic acids is 1. The molecule has 0 saturated carbocycles. The topological polar surface area (TPSA) is 78.9 Å². The zero-order valence-corrected chi connectivity index (χ0v) is 13.2. The first kappa shape index (κ1) is 15.8. The predicted octanol–water partition coefficient (Wildman–Crippen LogP) is 2.79. The van der Waals surface area contributed by atoms with Crippen LogP contribution in [0.25, 0.3) is 0 Å². The van der Waals surface area contributed by atoms with Crippen LogP contribution in [0.3, 0.4) is 0 Å². The van der Waals surface area contributed by atoms with Crippen molar-refractivity contribution in [1.82, 2.24) is 4.90 Å². The van der Waals surface area contributed by atoms with Crippen LogP contribution in [0.5, 0.6) is 0 Å². The second kappa shape index (κ2) is 6.91. The molecule has 2 rings (SSSR count). The van der Waals surface area contributed by atoms with Crippen LogP contribution in [-0.4, -0.2) is 47.8 Å². The summed E-state index contributed by atoms with van der Waals surface area (Å²) in [6.07, 6.45) is 0.732. The van der Waals surface area contributed by atoms with Crippen LogP contribution in [0.1, 0.15) is 23.7 Å². The molecule has 1 aromatic rings. The Balaban J connectivity index is 2.17. The van der Waals surface area contributed by atoms with Crippen LogP contribution >= 0.6 is 15.9 Å². The van der Waals surface area contributed by atoms with Crippen molar-refractivity contribution >= 4 is 33.6 Å². The summed E-state index contributed by atoms with van der Waals surface area (Å²) in [7, 11) is 0. The number of carboxylic acids is 1. The number of ether oxygens (including phenoxy) is 1. The number of para-hydroxylation sites is 1. The van der Waals surface area contributed by atoms with E-state index in [1.807, 2.05) is 6.92 Å². The van der Waals surface area contributed by atoms with Crippen LogP contribution in [0.4, 0.5) is 10.5 Å². The summed E-state index contributed by atoms with van der Waals surface area (Å²) in [5.74, 6) is -1.08. The molecule has 1 aromatic carbocycles. The summed E-state index contributed by atoms with van der Waals surface area (Å²) in [5.41, 5.74) is 0.324. The lowest BCUT2D eigenvalue weighted by atomic mass is 10.2. The van der Waals surface area contributed by atoms with Gasteiger partial charge in [0, 0.05) is 24.2 Å². The molecule has 1 fully saturated rings. The van der Waals surface area contributed by atoms with Crippen molar-refractivity contribution in [3.8, 4) is 0 Å². The van der Waals surface area contributed by atoms with Crippen molar-refractivity contribution < 1.29 is 19.4 Å². The first-order chi connectivity index (χ1) is 9.99. The van der Waals surface area contributed by atoms with Crippen LogP contribution < -0.4 is 5.32 Å². The Morgan fingerprint density at radius 3 is 2.95 bits per heavy atom. The van der Waals surface area contributed by atoms with Crippen LogP contribution in [0.2, 0.25) is 0 Å². The van der Waals surface area contributed by atoms with Gasteiger partial charge in [0.2, 0.25) is 0 Å². The summed E-state index contributed by atoms with van der Waals surface area (Å²) >= 11 is 3.27. The Labute approximate surface area is 131 Å². The molecule has 1 unspecified atom stereocenters. The van der Waals surface area contributed by atoms with Gasteiger partial charge < -0.3 is 20.1 Å². The van der Waals surface area contributed by atoms with Crippen LogP contribution in [0, 0.1) is 0 Å². The van der Waals surface area contributed by atoms with E-state index in [1.54, 1.807) is 17.0 Å². The van der Waals surface area contributed by atoms with Gasteiger partial charge in [-0.1, -0.05) is 6.07 Å². The lowest BCUT2D eigenvalue weighted by Crippen LogP contribution is -2.39. The molecule has 6 nitrogen and oxygen atoms in total. The Bertz CT molecular complexity index is 550. The molecule has 2 N–H and O–H groups in total. The molecular formula is C14H17BrN2O4. The van der Waals surface area contributed by atoms with Crippen LogP contribution in [0.15, 0.2) is 22.7 Å². The van der Waals surface area contributed by atoms with E-state index in [4.69, 9.17) is 4.74 Å². The van der Waals surface area contributed by atoms with E-state index in [-0.39, 0.29) is 23.4 Å². The van der Waals surface area contributed by atoms with Crippen molar-refractivity contribution in [1.29, 1.82) is 0 Å². The van der Waals surface area contributed by atoms with Crippen molar-refractivity contribution in [2.45, 2.75) is 19.4 Å². The van der Waals surface area contributed by atoms with Gasteiger partial charge in [-0.15, -0.1) is 0 Å². The second-order valence-corrected chi connectivity index (χ2v) is 5.73. The third-order valence-electron chi connectivity index (χ3n) is 3.22. The van der Waals surface area contributed by atoms with Gasteiger partial charge in [-0.2, -0.15) is 0 Å². The summed E-state index contributed by atoms with van der Waals surface area (Å²) in [4.78, 5) is 25.2. The highest BCUT2D eigenvalue weighted by Gasteiger charge is 2.22. The minimum absolute atomic E-state index is 0.0311. The number of nitrogens with zero attached hydrogens (tertiary/aromatic N) is 1. The molecule has 7 heteroatoms. The van der Waals surface area contributed by atoms with Crippen molar-refractivity contribution in [3.63, 3.8) is 0 Å². The van der Waals surface area contributed by atoms with Gasteiger partial charge in [0.15, 0.2) is 0 Å². The molecule has 0 aliphatic carbocycles. The zero-order chi connectivity index (χ0) is 15.4. The van der Waals surface area contributed by atoms with E-state index >= 15 is 0 Å². The number of anilines is 1. The van der Waals surface area contributed by atoms with E-state index in [0.29, 0.717) is 24.2 Å². The molecule has 0 radical (unpaired) electrons. The van der Waals surface area contributed by atoms with E-state index in [0.717, 1.165) is 6.42 Å². The summed E-state index contributed by atoms with van der Waals surface area (Å²) in [6.45, 7) is 3.61. The van der Waals surface area contributed by atoms with Gasteiger partial charge >= 0.3 is 12.0 Å². The number of rotatable bonds is 2. The van der Waals surface area contributed by atoms with E-state index < -0.39 is 5.97 Å². The second-order valence-electron chi connectivity index (χ2n) is 4.88. The fourth-order valence-electron chi connectivity index (χ4n) is 2.19. The van der Waals surface area contributed by atoms with Gasteiger partial charge in [0.25, 0.3) is 0 Å². The summed E-state index contributed by atoms with van der Waals surface area (Å²) in [6, 6.07) is 4.44. The van der Waals surface area contributed by atoms with E-state index in [1.165, 1.54) is 6.07 Å². The number of hydrogen-bond donors (Lipinski definition) is 2. The quantitative estimate of drug-likeness (QED) is 0.853. The molecule has 114 valence electrons. The fourth-order valence-corrected chi connectivity index (χ4v) is 2.66. The lowest BCUT2D eigenvalue weighted by molar-refractivity contribution is 0.0696. The third kappa shape index (κ3) is 3.95. The standard InChI is InChI=1S/C14H17BrN2O4/c1-9-8-17(6-3-7-21-9)14(20)16-12-10(13(18)19)4-2-5-11(12)15/h2,4-5,9H,3,6-8H2,1H3,(H,16,20)(H,18,19). The molecule has 1 saturated heterocycles. The minimum Gasteiger partial charge on any atom is -0.478 e. The van der Waals surface area contributed by atoms with Gasteiger partial charge in [-0.05, 0) is 41.4 Å². The molecule has 1 heterocycles. The first-order valence-electron chi connectivity index (χ1n) is 6.68. The number of hydrogen-bond acceptors (Lipinski definition) is 3. The molecule has 1 aliphatic rings. The molecule has 1 aliphatic heterocycles. The van der Waals surface area contributed by atoms with E-state index in [2.05, 4.69) is 21.2 Å². The molecule has 0 aromatic heterocycles. The molecule has 21 heavy (non-hydrogen) atoms. The smallest absolute Gasteiger partial charge is 0.337 e. The molecule has 2 amide bonds. The molecule has 0 spiro atoms. The maximum Gasteiger partial charge on any atom is 0.337 e. The normalized spacial score (nSPS) is 19.0. The fraction of sp³-hybridized carbons (Fsp3) is 0.429. The van der Waals surface area contributed by atoms with Gasteiger partial charge in [-0.25, -0.2) is 9.59 Å². The Morgan fingerprint density at radius 1 is 1.48 bits per heavy atom. The van der Waals surface area contributed by atoms with Crippen molar-refractivity contribution in [3.05, 3.63) is 28.2 Å². The van der Waals surface area contributed by atoms with Gasteiger partial charge in [0.1, 0.15) is 0 Å².